The Morgan fingerprint density at radius 2 is 1.80 bits per heavy atom. The molecule has 1 amide bonds. The van der Waals surface area contributed by atoms with E-state index in [0.29, 0.717) is 19.4 Å². The SMILES string of the molecule is N#CC1(C(=O)NCc2ccc(O)cc2)CCCCCC1. The molecule has 0 bridgehead atoms. The van der Waals surface area contributed by atoms with Gasteiger partial charge in [-0.2, -0.15) is 5.26 Å². The second-order valence-corrected chi connectivity index (χ2v) is 5.46. The maximum Gasteiger partial charge on any atom is 0.240 e. The largest absolute Gasteiger partial charge is 0.508 e. The summed E-state index contributed by atoms with van der Waals surface area (Å²) in [7, 11) is 0. The molecule has 1 aliphatic rings. The Morgan fingerprint density at radius 3 is 2.35 bits per heavy atom. The number of hydrogen-bond donors (Lipinski definition) is 2. The minimum absolute atomic E-state index is 0.157. The molecule has 20 heavy (non-hydrogen) atoms. The van der Waals surface area contributed by atoms with Crippen LogP contribution in [0, 0.1) is 16.7 Å². The van der Waals surface area contributed by atoms with Crippen molar-refractivity contribution >= 4 is 5.91 Å². The molecule has 0 aromatic heterocycles. The van der Waals surface area contributed by atoms with Crippen molar-refractivity contribution in [3.63, 3.8) is 0 Å². The van der Waals surface area contributed by atoms with E-state index in [1.807, 2.05) is 0 Å². The zero-order valence-corrected chi connectivity index (χ0v) is 11.6. The summed E-state index contributed by atoms with van der Waals surface area (Å²) in [5.74, 6) is 0.0484. The van der Waals surface area contributed by atoms with Crippen molar-refractivity contribution in [2.45, 2.75) is 45.1 Å². The Labute approximate surface area is 119 Å². The van der Waals surface area contributed by atoms with Gasteiger partial charge in [-0.15, -0.1) is 0 Å². The van der Waals surface area contributed by atoms with Gasteiger partial charge < -0.3 is 10.4 Å². The fourth-order valence-electron chi connectivity index (χ4n) is 2.69. The monoisotopic (exact) mass is 272 g/mol. The van der Waals surface area contributed by atoms with E-state index in [4.69, 9.17) is 0 Å². The molecule has 1 aliphatic carbocycles. The van der Waals surface area contributed by atoms with Crippen molar-refractivity contribution < 1.29 is 9.90 Å². The number of nitrogens with zero attached hydrogens (tertiary/aromatic N) is 1. The van der Waals surface area contributed by atoms with Crippen molar-refractivity contribution in [2.75, 3.05) is 0 Å². The molecule has 4 heteroatoms. The van der Waals surface area contributed by atoms with Crippen molar-refractivity contribution in [1.82, 2.24) is 5.32 Å². The lowest BCUT2D eigenvalue weighted by Crippen LogP contribution is -2.39. The average Bonchev–Trinajstić information content (AvgIpc) is 2.73. The summed E-state index contributed by atoms with van der Waals surface area (Å²) in [6.07, 6.45) is 5.42. The number of amides is 1. The number of carbonyl (C=O) groups is 1. The normalized spacial score (nSPS) is 17.8. The van der Waals surface area contributed by atoms with Crippen LogP contribution >= 0.6 is 0 Å². The van der Waals surface area contributed by atoms with Gasteiger partial charge in [0.1, 0.15) is 11.2 Å². The molecule has 1 fully saturated rings. The van der Waals surface area contributed by atoms with Gasteiger partial charge in [0.05, 0.1) is 6.07 Å². The van der Waals surface area contributed by atoms with E-state index in [2.05, 4.69) is 11.4 Å². The summed E-state index contributed by atoms with van der Waals surface area (Å²) in [6, 6.07) is 8.96. The van der Waals surface area contributed by atoms with E-state index in [1.54, 1.807) is 24.3 Å². The number of phenols is 1. The van der Waals surface area contributed by atoms with Crippen LogP contribution < -0.4 is 5.32 Å². The molecule has 1 aromatic carbocycles. The Bertz CT molecular complexity index is 494. The quantitative estimate of drug-likeness (QED) is 0.831. The lowest BCUT2D eigenvalue weighted by atomic mass is 9.81. The first-order valence-electron chi connectivity index (χ1n) is 7.14. The Balaban J connectivity index is 1.99. The van der Waals surface area contributed by atoms with E-state index < -0.39 is 5.41 Å². The van der Waals surface area contributed by atoms with E-state index >= 15 is 0 Å². The number of rotatable bonds is 3. The van der Waals surface area contributed by atoms with Crippen molar-refractivity contribution in [3.8, 4) is 11.8 Å². The molecule has 0 saturated heterocycles. The Kier molecular flexibility index (Phi) is 4.62. The minimum atomic E-state index is -0.854. The summed E-state index contributed by atoms with van der Waals surface area (Å²) in [4.78, 5) is 12.4. The first-order valence-corrected chi connectivity index (χ1v) is 7.14. The van der Waals surface area contributed by atoms with Gasteiger partial charge in [0.15, 0.2) is 0 Å². The molecule has 1 aromatic rings. The molecule has 0 atom stereocenters. The van der Waals surface area contributed by atoms with Crippen LogP contribution in [-0.2, 0) is 11.3 Å². The molecule has 0 spiro atoms. The van der Waals surface area contributed by atoms with Crippen LogP contribution in [0.3, 0.4) is 0 Å². The summed E-state index contributed by atoms with van der Waals surface area (Å²) < 4.78 is 0. The summed E-state index contributed by atoms with van der Waals surface area (Å²) >= 11 is 0. The van der Waals surface area contributed by atoms with E-state index in [9.17, 15) is 15.2 Å². The van der Waals surface area contributed by atoms with Gasteiger partial charge in [0, 0.05) is 6.54 Å². The van der Waals surface area contributed by atoms with E-state index in [-0.39, 0.29) is 11.7 Å². The number of phenolic OH excluding ortho intramolecular Hbond substituents is 1. The first-order chi connectivity index (χ1) is 9.66. The van der Waals surface area contributed by atoms with Crippen LogP contribution in [0.1, 0.15) is 44.1 Å². The van der Waals surface area contributed by atoms with Crippen LogP contribution in [0.15, 0.2) is 24.3 Å². The Hall–Kier alpha value is -2.02. The highest BCUT2D eigenvalue weighted by molar-refractivity contribution is 5.85. The van der Waals surface area contributed by atoms with Crippen molar-refractivity contribution in [1.29, 1.82) is 5.26 Å². The molecule has 2 rings (SSSR count). The summed E-state index contributed by atoms with van der Waals surface area (Å²) in [5.41, 5.74) is 0.0609. The smallest absolute Gasteiger partial charge is 0.240 e. The molecule has 0 unspecified atom stereocenters. The predicted molar refractivity (Wildman–Crippen MR) is 75.7 cm³/mol. The molecule has 2 N–H and O–H groups in total. The second-order valence-electron chi connectivity index (χ2n) is 5.46. The topological polar surface area (TPSA) is 73.1 Å². The highest BCUT2D eigenvalue weighted by Gasteiger charge is 2.38. The third-order valence-corrected chi connectivity index (χ3v) is 4.00. The van der Waals surface area contributed by atoms with Crippen molar-refractivity contribution in [2.24, 2.45) is 5.41 Å². The van der Waals surface area contributed by atoms with Crippen molar-refractivity contribution in [3.05, 3.63) is 29.8 Å². The average molecular weight is 272 g/mol. The molecular weight excluding hydrogens is 252 g/mol. The lowest BCUT2D eigenvalue weighted by molar-refractivity contribution is -0.129. The maximum absolute atomic E-state index is 12.4. The number of nitrogens with one attached hydrogen (secondary N) is 1. The zero-order valence-electron chi connectivity index (χ0n) is 11.6. The standard InChI is InChI=1S/C16H20N2O2/c17-12-16(9-3-1-2-4-10-16)15(20)18-11-13-5-7-14(19)8-6-13/h5-8,19H,1-4,9-11H2,(H,18,20). The van der Waals surface area contributed by atoms with Crippen LogP contribution in [-0.4, -0.2) is 11.0 Å². The predicted octanol–water partition coefficient (Wildman–Crippen LogP) is 2.87. The summed E-state index contributed by atoms with van der Waals surface area (Å²) in [5, 5.41) is 21.5. The van der Waals surface area contributed by atoms with Gasteiger partial charge in [-0.1, -0.05) is 37.8 Å². The van der Waals surface area contributed by atoms with Gasteiger partial charge in [-0.3, -0.25) is 4.79 Å². The minimum Gasteiger partial charge on any atom is -0.508 e. The zero-order chi connectivity index (χ0) is 14.4. The molecule has 0 aliphatic heterocycles. The molecule has 0 heterocycles. The second kappa shape index (κ2) is 6.42. The van der Waals surface area contributed by atoms with Gasteiger partial charge >= 0.3 is 0 Å². The van der Waals surface area contributed by atoms with Crippen LogP contribution in [0.2, 0.25) is 0 Å². The number of aromatic hydroxyl groups is 1. The molecule has 106 valence electrons. The van der Waals surface area contributed by atoms with E-state index in [1.165, 1.54) is 0 Å². The fourth-order valence-corrected chi connectivity index (χ4v) is 2.69. The molecular formula is C16H20N2O2. The highest BCUT2D eigenvalue weighted by Crippen LogP contribution is 2.34. The molecule has 4 nitrogen and oxygen atoms in total. The third kappa shape index (κ3) is 3.30. The highest BCUT2D eigenvalue weighted by atomic mass is 16.3. The van der Waals surface area contributed by atoms with Gasteiger partial charge in [-0.25, -0.2) is 0 Å². The maximum atomic E-state index is 12.4. The number of carbonyl (C=O) groups excluding carboxylic acids is 1. The summed E-state index contributed by atoms with van der Waals surface area (Å²) in [6.45, 7) is 0.391. The first kappa shape index (κ1) is 14.4. The third-order valence-electron chi connectivity index (χ3n) is 4.00. The molecule has 1 saturated carbocycles. The fraction of sp³-hybridized carbons (Fsp3) is 0.500. The van der Waals surface area contributed by atoms with Gasteiger partial charge in [0.2, 0.25) is 5.91 Å². The molecule has 0 radical (unpaired) electrons. The number of benzene rings is 1. The van der Waals surface area contributed by atoms with Gasteiger partial charge in [0.25, 0.3) is 0 Å². The van der Waals surface area contributed by atoms with Crippen LogP contribution in [0.25, 0.3) is 0 Å². The number of hydrogen-bond acceptors (Lipinski definition) is 3. The Morgan fingerprint density at radius 1 is 1.20 bits per heavy atom. The number of nitriles is 1. The van der Waals surface area contributed by atoms with E-state index in [0.717, 1.165) is 31.2 Å². The lowest BCUT2D eigenvalue weighted by Gasteiger charge is -2.23. The van der Waals surface area contributed by atoms with Gasteiger partial charge in [-0.05, 0) is 30.5 Å². The van der Waals surface area contributed by atoms with Crippen LogP contribution in [0.5, 0.6) is 5.75 Å². The van der Waals surface area contributed by atoms with Crippen LogP contribution in [0.4, 0.5) is 0 Å².